The Morgan fingerprint density at radius 1 is 1.13 bits per heavy atom. The van der Waals surface area contributed by atoms with Gasteiger partial charge in [-0.25, -0.2) is 8.42 Å². The van der Waals surface area contributed by atoms with Crippen LogP contribution in [-0.4, -0.2) is 33.2 Å². The minimum atomic E-state index is -3.29. The van der Waals surface area contributed by atoms with Crippen molar-refractivity contribution in [3.63, 3.8) is 0 Å². The molecule has 0 bridgehead atoms. The first kappa shape index (κ1) is 20.2. The Morgan fingerprint density at radius 3 is 2.67 bits per heavy atom. The zero-order valence-electron chi connectivity index (χ0n) is 17.0. The molecule has 1 amide bonds. The average molecular weight is 425 g/mol. The van der Waals surface area contributed by atoms with Crippen LogP contribution in [0.1, 0.15) is 29.3 Å². The number of aryl methyl sites for hydroxylation is 1. The minimum Gasteiger partial charge on any atom is -0.493 e. The topological polar surface area (TPSA) is 75.7 Å². The van der Waals surface area contributed by atoms with Crippen LogP contribution >= 0.6 is 0 Å². The molecule has 7 heteroatoms. The molecule has 1 saturated heterocycles. The van der Waals surface area contributed by atoms with Gasteiger partial charge in [0.25, 0.3) is 5.91 Å². The van der Waals surface area contributed by atoms with Crippen molar-refractivity contribution >= 4 is 38.1 Å². The van der Waals surface area contributed by atoms with Crippen molar-refractivity contribution in [3.8, 4) is 5.75 Å². The van der Waals surface area contributed by atoms with Crippen molar-refractivity contribution in [1.82, 2.24) is 0 Å². The Labute approximate surface area is 176 Å². The summed E-state index contributed by atoms with van der Waals surface area (Å²) in [5, 5.41) is 4.72. The number of carbonyl (C=O) groups excluding carboxylic acids is 1. The fraction of sp³-hybridized carbons (Fsp3) is 0.261. The summed E-state index contributed by atoms with van der Waals surface area (Å²) in [5.41, 5.74) is 2.46. The molecule has 156 valence electrons. The van der Waals surface area contributed by atoms with Crippen molar-refractivity contribution in [2.24, 2.45) is 0 Å². The average Bonchev–Trinajstić information content (AvgIpc) is 3.08. The van der Waals surface area contributed by atoms with Gasteiger partial charge >= 0.3 is 0 Å². The van der Waals surface area contributed by atoms with Gasteiger partial charge in [-0.05, 0) is 54.8 Å². The van der Waals surface area contributed by atoms with E-state index in [9.17, 15) is 13.2 Å². The lowest BCUT2D eigenvalue weighted by molar-refractivity contribution is 0.102. The smallest absolute Gasteiger partial charge is 0.260 e. The predicted octanol–water partition coefficient (Wildman–Crippen LogP) is 4.34. The van der Waals surface area contributed by atoms with Gasteiger partial charge in [0.1, 0.15) is 5.75 Å². The highest BCUT2D eigenvalue weighted by Gasteiger charge is 2.29. The number of nitrogens with zero attached hydrogens (tertiary/aromatic N) is 1. The van der Waals surface area contributed by atoms with Gasteiger partial charge in [-0.3, -0.25) is 9.10 Å². The third-order valence-electron chi connectivity index (χ3n) is 5.27. The number of carbonyl (C=O) groups is 1. The second kappa shape index (κ2) is 7.99. The molecule has 0 aromatic heterocycles. The molecule has 1 heterocycles. The standard InChI is InChI=1S/C23H24N2O4S/c1-3-29-21-12-10-17-7-4-5-8-19(17)22(21)23(26)24-20-15-18(11-9-16(20)2)25-13-6-14-30(25,27)28/h4-5,7-12,15H,3,6,13-14H2,1-2H3,(H,24,26). The normalized spacial score (nSPS) is 15.3. The number of amides is 1. The Balaban J connectivity index is 1.73. The fourth-order valence-electron chi connectivity index (χ4n) is 3.78. The molecule has 3 aromatic rings. The van der Waals surface area contributed by atoms with Gasteiger partial charge in [0, 0.05) is 12.2 Å². The molecule has 1 N–H and O–H groups in total. The van der Waals surface area contributed by atoms with Crippen molar-refractivity contribution < 1.29 is 17.9 Å². The molecule has 30 heavy (non-hydrogen) atoms. The molecular formula is C23H24N2O4S. The summed E-state index contributed by atoms with van der Waals surface area (Å²) in [7, 11) is -3.29. The zero-order chi connectivity index (χ0) is 21.3. The number of anilines is 2. The minimum absolute atomic E-state index is 0.149. The van der Waals surface area contributed by atoms with Crippen LogP contribution in [0.4, 0.5) is 11.4 Å². The van der Waals surface area contributed by atoms with Crippen molar-refractivity contribution in [3.05, 3.63) is 65.7 Å². The molecule has 0 saturated carbocycles. The predicted molar refractivity (Wildman–Crippen MR) is 120 cm³/mol. The van der Waals surface area contributed by atoms with Crippen LogP contribution in [0.25, 0.3) is 10.8 Å². The Kier molecular flexibility index (Phi) is 5.39. The lowest BCUT2D eigenvalue weighted by atomic mass is 10.0. The molecule has 1 aliphatic rings. The first-order chi connectivity index (χ1) is 14.4. The molecule has 3 aromatic carbocycles. The summed E-state index contributed by atoms with van der Waals surface area (Å²) < 4.78 is 31.7. The number of fused-ring (bicyclic) bond motifs is 1. The van der Waals surface area contributed by atoms with Gasteiger partial charge in [0.15, 0.2) is 0 Å². The largest absolute Gasteiger partial charge is 0.493 e. The number of nitrogens with one attached hydrogen (secondary N) is 1. The number of benzene rings is 3. The second-order valence-electron chi connectivity index (χ2n) is 7.29. The lowest BCUT2D eigenvalue weighted by Crippen LogP contribution is -2.25. The van der Waals surface area contributed by atoms with Crippen LogP contribution in [0.5, 0.6) is 5.75 Å². The summed E-state index contributed by atoms with van der Waals surface area (Å²) in [6, 6.07) is 16.7. The number of hydrogen-bond donors (Lipinski definition) is 1. The first-order valence-corrected chi connectivity index (χ1v) is 11.6. The highest BCUT2D eigenvalue weighted by molar-refractivity contribution is 7.93. The van der Waals surface area contributed by atoms with E-state index < -0.39 is 10.0 Å². The van der Waals surface area contributed by atoms with Gasteiger partial charge in [0.2, 0.25) is 10.0 Å². The number of ether oxygens (including phenoxy) is 1. The van der Waals surface area contributed by atoms with E-state index in [1.165, 1.54) is 4.31 Å². The van der Waals surface area contributed by atoms with E-state index in [0.29, 0.717) is 42.3 Å². The van der Waals surface area contributed by atoms with Gasteiger partial charge in [0.05, 0.1) is 23.6 Å². The summed E-state index contributed by atoms with van der Waals surface area (Å²) in [5.74, 6) is 0.375. The molecule has 1 aliphatic heterocycles. The van der Waals surface area contributed by atoms with E-state index in [4.69, 9.17) is 4.74 Å². The van der Waals surface area contributed by atoms with Crippen LogP contribution in [0.3, 0.4) is 0 Å². The summed E-state index contributed by atoms with van der Waals surface area (Å²) in [4.78, 5) is 13.3. The third kappa shape index (κ3) is 3.73. The SMILES string of the molecule is CCOc1ccc2ccccc2c1C(=O)Nc1cc(N2CCCS2(=O)=O)ccc1C. The van der Waals surface area contributed by atoms with E-state index in [1.54, 1.807) is 18.2 Å². The maximum absolute atomic E-state index is 13.3. The van der Waals surface area contributed by atoms with Crippen LogP contribution in [-0.2, 0) is 10.0 Å². The Hall–Kier alpha value is -3.06. The lowest BCUT2D eigenvalue weighted by Gasteiger charge is -2.19. The van der Waals surface area contributed by atoms with Gasteiger partial charge in [-0.1, -0.05) is 36.4 Å². The molecule has 4 rings (SSSR count). The maximum Gasteiger partial charge on any atom is 0.260 e. The van der Waals surface area contributed by atoms with Gasteiger partial charge in [-0.15, -0.1) is 0 Å². The quantitative estimate of drug-likeness (QED) is 0.661. The second-order valence-corrected chi connectivity index (χ2v) is 9.30. The first-order valence-electron chi connectivity index (χ1n) is 9.97. The van der Waals surface area contributed by atoms with Crippen LogP contribution in [0.2, 0.25) is 0 Å². The van der Waals surface area contributed by atoms with Crippen LogP contribution in [0, 0.1) is 6.92 Å². The highest BCUT2D eigenvalue weighted by atomic mass is 32.2. The molecule has 0 unspecified atom stereocenters. The Morgan fingerprint density at radius 2 is 1.93 bits per heavy atom. The van der Waals surface area contributed by atoms with Crippen molar-refractivity contribution in [2.75, 3.05) is 28.5 Å². The Bertz CT molecular complexity index is 1220. The molecule has 6 nitrogen and oxygen atoms in total. The molecule has 0 spiro atoms. The summed E-state index contributed by atoms with van der Waals surface area (Å²) in [6.45, 7) is 4.65. The molecule has 0 radical (unpaired) electrons. The monoisotopic (exact) mass is 424 g/mol. The van der Waals surface area contributed by atoms with Crippen LogP contribution < -0.4 is 14.4 Å². The molecule has 0 aliphatic carbocycles. The molecule has 0 atom stereocenters. The molecular weight excluding hydrogens is 400 g/mol. The van der Waals surface area contributed by atoms with E-state index in [-0.39, 0.29) is 11.7 Å². The van der Waals surface area contributed by atoms with E-state index in [2.05, 4.69) is 5.32 Å². The fourth-order valence-corrected chi connectivity index (χ4v) is 5.33. The van der Waals surface area contributed by atoms with Crippen molar-refractivity contribution in [1.29, 1.82) is 0 Å². The third-order valence-corrected chi connectivity index (χ3v) is 7.14. The summed E-state index contributed by atoms with van der Waals surface area (Å²) in [6.07, 6.45) is 0.603. The maximum atomic E-state index is 13.3. The van der Waals surface area contributed by atoms with E-state index >= 15 is 0 Å². The van der Waals surface area contributed by atoms with E-state index in [0.717, 1.165) is 16.3 Å². The van der Waals surface area contributed by atoms with Gasteiger partial charge < -0.3 is 10.1 Å². The number of hydrogen-bond acceptors (Lipinski definition) is 4. The number of sulfonamides is 1. The molecule has 1 fully saturated rings. The van der Waals surface area contributed by atoms with Crippen LogP contribution in [0.15, 0.2) is 54.6 Å². The highest BCUT2D eigenvalue weighted by Crippen LogP contribution is 2.32. The zero-order valence-corrected chi connectivity index (χ0v) is 17.8. The van der Waals surface area contributed by atoms with Gasteiger partial charge in [-0.2, -0.15) is 0 Å². The number of rotatable bonds is 5. The summed E-state index contributed by atoms with van der Waals surface area (Å²) >= 11 is 0. The van der Waals surface area contributed by atoms with E-state index in [1.807, 2.05) is 50.2 Å². The van der Waals surface area contributed by atoms with Crippen molar-refractivity contribution in [2.45, 2.75) is 20.3 Å².